The molecule has 6 nitrogen and oxygen atoms in total. The molecular formula is C17H26N4O2. The fraction of sp³-hybridized carbons (Fsp3) is 0.765. The van der Waals surface area contributed by atoms with Gasteiger partial charge in [0.1, 0.15) is 6.10 Å². The van der Waals surface area contributed by atoms with Gasteiger partial charge in [0.25, 0.3) is 0 Å². The van der Waals surface area contributed by atoms with Gasteiger partial charge in [0, 0.05) is 31.5 Å². The summed E-state index contributed by atoms with van der Waals surface area (Å²) < 4.78 is 7.70. The lowest BCUT2D eigenvalue weighted by atomic mass is 10.0. The van der Waals surface area contributed by atoms with E-state index in [-0.39, 0.29) is 18.2 Å². The third-order valence-corrected chi connectivity index (χ3v) is 5.92. The molecule has 2 aliphatic carbocycles. The Bertz CT molecular complexity index is 604. The molecule has 2 atom stereocenters. The van der Waals surface area contributed by atoms with Crippen molar-refractivity contribution in [3.63, 3.8) is 0 Å². The summed E-state index contributed by atoms with van der Waals surface area (Å²) in [7, 11) is 1.93. The molecule has 2 amide bonds. The summed E-state index contributed by atoms with van der Waals surface area (Å²) in [6.07, 6.45) is 7.87. The molecule has 0 bridgehead atoms. The van der Waals surface area contributed by atoms with Crippen LogP contribution in [0.3, 0.4) is 0 Å². The van der Waals surface area contributed by atoms with Gasteiger partial charge in [-0.3, -0.25) is 4.68 Å². The number of ether oxygens (including phenoxy) is 1. The van der Waals surface area contributed by atoms with Crippen molar-refractivity contribution in [2.75, 3.05) is 13.2 Å². The van der Waals surface area contributed by atoms with E-state index >= 15 is 0 Å². The van der Waals surface area contributed by atoms with E-state index in [0.29, 0.717) is 12.0 Å². The summed E-state index contributed by atoms with van der Waals surface area (Å²) in [5.74, 6) is 0.864. The first kappa shape index (κ1) is 15.0. The molecule has 2 saturated carbocycles. The van der Waals surface area contributed by atoms with E-state index in [2.05, 4.69) is 15.7 Å². The van der Waals surface area contributed by atoms with E-state index in [1.54, 1.807) is 0 Å². The van der Waals surface area contributed by atoms with E-state index in [0.717, 1.165) is 30.1 Å². The highest BCUT2D eigenvalue weighted by atomic mass is 16.5. The number of hydrogen-bond donors (Lipinski definition) is 2. The Morgan fingerprint density at radius 1 is 1.43 bits per heavy atom. The van der Waals surface area contributed by atoms with Gasteiger partial charge in [-0.15, -0.1) is 0 Å². The number of hydrogen-bond acceptors (Lipinski definition) is 3. The Morgan fingerprint density at radius 3 is 2.83 bits per heavy atom. The minimum absolute atomic E-state index is 0.0222. The van der Waals surface area contributed by atoms with Crippen LogP contribution in [0.15, 0.2) is 6.20 Å². The molecular weight excluding hydrogens is 292 g/mol. The number of nitrogens with zero attached hydrogens (tertiary/aromatic N) is 2. The monoisotopic (exact) mass is 318 g/mol. The molecule has 1 aliphatic heterocycles. The van der Waals surface area contributed by atoms with Crippen LogP contribution in [-0.4, -0.2) is 35.0 Å². The normalized spacial score (nSPS) is 28.6. The van der Waals surface area contributed by atoms with Crippen LogP contribution in [0.2, 0.25) is 0 Å². The molecule has 1 aromatic rings. The summed E-state index contributed by atoms with van der Waals surface area (Å²) in [5, 5.41) is 10.5. The van der Waals surface area contributed by atoms with Gasteiger partial charge in [-0.25, -0.2) is 4.79 Å². The van der Waals surface area contributed by atoms with Gasteiger partial charge in [0.2, 0.25) is 0 Å². The van der Waals surface area contributed by atoms with Crippen LogP contribution in [-0.2, 0) is 11.8 Å². The van der Waals surface area contributed by atoms with Crippen LogP contribution in [0.4, 0.5) is 4.79 Å². The van der Waals surface area contributed by atoms with Crippen LogP contribution >= 0.6 is 0 Å². The topological polar surface area (TPSA) is 68.2 Å². The SMILES string of the molecule is Cc1c([C@H]2OCC[C@@H]2NC(=O)NCC2(C3CC3)CC2)cnn1C. The average Bonchev–Trinajstić information content (AvgIpc) is 3.43. The predicted molar refractivity (Wildman–Crippen MR) is 86.0 cm³/mol. The molecule has 1 saturated heterocycles. The summed E-state index contributed by atoms with van der Waals surface area (Å²) in [5.41, 5.74) is 2.60. The summed E-state index contributed by atoms with van der Waals surface area (Å²) in [6.45, 7) is 3.54. The summed E-state index contributed by atoms with van der Waals surface area (Å²) in [6, 6.07) is -0.0343. The van der Waals surface area contributed by atoms with Crippen LogP contribution < -0.4 is 10.6 Å². The van der Waals surface area contributed by atoms with Gasteiger partial charge in [0.05, 0.1) is 12.2 Å². The summed E-state index contributed by atoms with van der Waals surface area (Å²) >= 11 is 0. The van der Waals surface area contributed by atoms with Crippen molar-refractivity contribution in [1.82, 2.24) is 20.4 Å². The second-order valence-corrected chi connectivity index (χ2v) is 7.46. The number of amides is 2. The van der Waals surface area contributed by atoms with Crippen LogP contribution in [0, 0.1) is 18.3 Å². The van der Waals surface area contributed by atoms with Crippen molar-refractivity contribution >= 4 is 6.03 Å². The zero-order chi connectivity index (χ0) is 16.0. The van der Waals surface area contributed by atoms with Crippen molar-refractivity contribution in [2.45, 2.75) is 51.2 Å². The first-order valence-corrected chi connectivity index (χ1v) is 8.73. The first-order valence-electron chi connectivity index (χ1n) is 8.73. The first-order chi connectivity index (χ1) is 11.1. The molecule has 0 radical (unpaired) electrons. The fourth-order valence-electron chi connectivity index (χ4n) is 3.90. The smallest absolute Gasteiger partial charge is 0.315 e. The Morgan fingerprint density at radius 2 is 2.22 bits per heavy atom. The number of carbonyl (C=O) groups is 1. The number of aromatic nitrogens is 2. The molecule has 2 N–H and O–H groups in total. The van der Waals surface area contributed by atoms with Crippen molar-refractivity contribution < 1.29 is 9.53 Å². The molecule has 4 rings (SSSR count). The fourth-order valence-corrected chi connectivity index (χ4v) is 3.90. The molecule has 0 unspecified atom stereocenters. The standard InChI is InChI=1S/C17H26N4O2/c1-11-13(9-19-21(11)2)15-14(5-8-23-15)20-16(22)18-10-17(6-7-17)12-3-4-12/h9,12,14-15H,3-8,10H2,1-2H3,(H2,18,20,22)/t14-,15+/m0/s1. The highest BCUT2D eigenvalue weighted by Gasteiger charge is 2.53. The van der Waals surface area contributed by atoms with Crippen molar-refractivity contribution in [3.8, 4) is 0 Å². The molecule has 126 valence electrons. The predicted octanol–water partition coefficient (Wildman–Crippen LogP) is 2.05. The van der Waals surface area contributed by atoms with E-state index in [4.69, 9.17) is 4.74 Å². The Balaban J connectivity index is 1.34. The molecule has 6 heteroatoms. The molecule has 0 aromatic carbocycles. The molecule has 3 fully saturated rings. The van der Waals surface area contributed by atoms with Crippen molar-refractivity contribution in [1.29, 1.82) is 0 Å². The van der Waals surface area contributed by atoms with Gasteiger partial charge < -0.3 is 15.4 Å². The number of carbonyl (C=O) groups excluding carboxylic acids is 1. The quantitative estimate of drug-likeness (QED) is 0.873. The second-order valence-electron chi connectivity index (χ2n) is 7.46. The lowest BCUT2D eigenvalue weighted by Gasteiger charge is -2.21. The number of nitrogens with one attached hydrogen (secondary N) is 2. The highest BCUT2D eigenvalue weighted by Crippen LogP contribution is 2.60. The van der Waals surface area contributed by atoms with Crippen molar-refractivity contribution in [2.24, 2.45) is 18.4 Å². The third kappa shape index (κ3) is 2.84. The lowest BCUT2D eigenvalue weighted by Crippen LogP contribution is -2.45. The molecule has 3 aliphatic rings. The van der Waals surface area contributed by atoms with Crippen LogP contribution in [0.1, 0.15) is 49.5 Å². The minimum Gasteiger partial charge on any atom is -0.371 e. The van der Waals surface area contributed by atoms with Gasteiger partial charge in [0.15, 0.2) is 0 Å². The summed E-state index contributed by atoms with van der Waals surface area (Å²) in [4.78, 5) is 12.3. The van der Waals surface area contributed by atoms with Crippen LogP contribution in [0.5, 0.6) is 0 Å². The largest absolute Gasteiger partial charge is 0.371 e. The third-order valence-electron chi connectivity index (χ3n) is 5.92. The number of urea groups is 1. The Hall–Kier alpha value is -1.56. The second kappa shape index (κ2) is 5.51. The van der Waals surface area contributed by atoms with Gasteiger partial charge in [-0.05, 0) is 50.4 Å². The van der Waals surface area contributed by atoms with E-state index in [9.17, 15) is 4.79 Å². The Kier molecular flexibility index (Phi) is 3.59. The maximum Gasteiger partial charge on any atom is 0.315 e. The maximum atomic E-state index is 12.3. The van der Waals surface area contributed by atoms with Gasteiger partial charge in [-0.2, -0.15) is 5.10 Å². The van der Waals surface area contributed by atoms with Crippen LogP contribution in [0.25, 0.3) is 0 Å². The van der Waals surface area contributed by atoms with Gasteiger partial charge >= 0.3 is 6.03 Å². The van der Waals surface area contributed by atoms with E-state index in [1.807, 2.05) is 24.9 Å². The highest BCUT2D eigenvalue weighted by molar-refractivity contribution is 5.74. The molecule has 1 aromatic heterocycles. The molecule has 2 heterocycles. The lowest BCUT2D eigenvalue weighted by molar-refractivity contribution is 0.0993. The Labute approximate surface area is 137 Å². The molecule has 0 spiro atoms. The zero-order valence-corrected chi connectivity index (χ0v) is 14.0. The molecule has 23 heavy (non-hydrogen) atoms. The van der Waals surface area contributed by atoms with Crippen molar-refractivity contribution in [3.05, 3.63) is 17.5 Å². The van der Waals surface area contributed by atoms with E-state index in [1.165, 1.54) is 25.7 Å². The van der Waals surface area contributed by atoms with Gasteiger partial charge in [-0.1, -0.05) is 0 Å². The average molecular weight is 318 g/mol. The minimum atomic E-state index is -0.0900. The number of aryl methyl sites for hydroxylation is 1. The zero-order valence-electron chi connectivity index (χ0n) is 14.0. The van der Waals surface area contributed by atoms with E-state index < -0.39 is 0 Å². The maximum absolute atomic E-state index is 12.3. The number of rotatable bonds is 5.